The highest BCUT2D eigenvalue weighted by Crippen LogP contribution is 2.38. The van der Waals surface area contributed by atoms with Crippen molar-refractivity contribution in [3.05, 3.63) is 63.1 Å². The average Bonchev–Trinajstić information content (AvgIpc) is 3.14. The number of hydrogen-bond donors (Lipinski definition) is 1. The molecule has 1 aromatic heterocycles. The van der Waals surface area contributed by atoms with E-state index in [9.17, 15) is 9.59 Å². The Balaban J connectivity index is 1.85. The molecule has 0 saturated heterocycles. The number of aryl methyl sites for hydroxylation is 1. The van der Waals surface area contributed by atoms with Crippen molar-refractivity contribution in [2.24, 2.45) is 0 Å². The second-order valence-corrected chi connectivity index (χ2v) is 8.17. The predicted octanol–water partition coefficient (Wildman–Crippen LogP) is 5.88. The monoisotopic (exact) mass is 476 g/mol. The molecule has 0 fully saturated rings. The van der Waals surface area contributed by atoms with Crippen molar-refractivity contribution in [3.63, 3.8) is 0 Å². The van der Waals surface area contributed by atoms with E-state index in [-0.39, 0.29) is 45.3 Å². The number of carbonyl (C=O) groups is 2. The molecular formula is C23H22Cl2N2O5. The number of hydrogen-bond acceptors (Lipinski definition) is 6. The van der Waals surface area contributed by atoms with Crippen molar-refractivity contribution in [2.45, 2.75) is 26.7 Å². The van der Waals surface area contributed by atoms with Gasteiger partial charge in [0.1, 0.15) is 11.4 Å². The molecule has 0 radical (unpaired) electrons. The van der Waals surface area contributed by atoms with Gasteiger partial charge in [-0.25, -0.2) is 4.79 Å². The summed E-state index contributed by atoms with van der Waals surface area (Å²) in [6.45, 7) is 5.72. The minimum absolute atomic E-state index is 0.0597. The lowest BCUT2D eigenvalue weighted by molar-refractivity contribution is -0.118. The maximum absolute atomic E-state index is 12.6. The fourth-order valence-electron chi connectivity index (χ4n) is 3.11. The van der Waals surface area contributed by atoms with E-state index in [2.05, 4.69) is 10.5 Å². The zero-order chi connectivity index (χ0) is 23.4. The molecule has 3 rings (SSSR count). The molecule has 2 aromatic carbocycles. The standard InChI is InChI=1S/C23H22Cl2N2O5/c1-12(2)14-9-8-13(3)10-17(14)31-11-18(28)26-22-20(23(29)30-4)21(27-32-22)19-15(24)6-5-7-16(19)25/h5-10,12H,11H2,1-4H3,(H,26,28). The topological polar surface area (TPSA) is 90.7 Å². The van der Waals surface area contributed by atoms with Crippen molar-refractivity contribution in [3.8, 4) is 17.0 Å². The van der Waals surface area contributed by atoms with E-state index in [1.165, 1.54) is 7.11 Å². The number of methoxy groups -OCH3 is 1. The Labute approximate surface area is 195 Å². The smallest absolute Gasteiger partial charge is 0.345 e. The van der Waals surface area contributed by atoms with E-state index >= 15 is 0 Å². The Morgan fingerprint density at radius 3 is 2.47 bits per heavy atom. The summed E-state index contributed by atoms with van der Waals surface area (Å²) < 4.78 is 15.8. The lowest BCUT2D eigenvalue weighted by atomic mass is 10.0. The Morgan fingerprint density at radius 2 is 1.84 bits per heavy atom. The van der Waals surface area contributed by atoms with Crippen molar-refractivity contribution < 1.29 is 23.6 Å². The second-order valence-electron chi connectivity index (χ2n) is 7.36. The van der Waals surface area contributed by atoms with Crippen molar-refractivity contribution in [1.82, 2.24) is 5.16 Å². The summed E-state index contributed by atoms with van der Waals surface area (Å²) in [6, 6.07) is 10.7. The summed E-state index contributed by atoms with van der Waals surface area (Å²) in [5.41, 5.74) is 2.24. The van der Waals surface area contributed by atoms with Gasteiger partial charge in [0, 0.05) is 5.56 Å². The lowest BCUT2D eigenvalue weighted by Crippen LogP contribution is -2.21. The van der Waals surface area contributed by atoms with Crippen LogP contribution >= 0.6 is 23.2 Å². The first-order valence-corrected chi connectivity index (χ1v) is 10.5. The second kappa shape index (κ2) is 10.1. The Hall–Kier alpha value is -3.03. The van der Waals surface area contributed by atoms with Crippen LogP contribution in [0.4, 0.5) is 5.88 Å². The fraction of sp³-hybridized carbons (Fsp3) is 0.261. The summed E-state index contributed by atoms with van der Waals surface area (Å²) in [6.07, 6.45) is 0. The van der Waals surface area contributed by atoms with Crippen LogP contribution in [0.25, 0.3) is 11.3 Å². The number of nitrogens with zero attached hydrogens (tertiary/aromatic N) is 1. The third-order valence-electron chi connectivity index (χ3n) is 4.68. The Kier molecular flexibility index (Phi) is 7.43. The number of benzene rings is 2. The highest BCUT2D eigenvalue weighted by atomic mass is 35.5. The van der Waals surface area contributed by atoms with Crippen LogP contribution in [0.1, 0.15) is 41.3 Å². The minimum Gasteiger partial charge on any atom is -0.483 e. The molecule has 3 aromatic rings. The lowest BCUT2D eigenvalue weighted by Gasteiger charge is -2.14. The predicted molar refractivity (Wildman–Crippen MR) is 123 cm³/mol. The van der Waals surface area contributed by atoms with E-state index < -0.39 is 11.9 Å². The number of aromatic nitrogens is 1. The summed E-state index contributed by atoms with van der Waals surface area (Å²) in [5, 5.41) is 6.93. The zero-order valence-electron chi connectivity index (χ0n) is 18.0. The average molecular weight is 477 g/mol. The molecule has 32 heavy (non-hydrogen) atoms. The molecule has 168 valence electrons. The first-order chi connectivity index (χ1) is 15.2. The van der Waals surface area contributed by atoms with E-state index in [0.29, 0.717) is 5.75 Å². The van der Waals surface area contributed by atoms with Gasteiger partial charge in [0.2, 0.25) is 5.88 Å². The van der Waals surface area contributed by atoms with Crippen LogP contribution in [0.5, 0.6) is 5.75 Å². The van der Waals surface area contributed by atoms with Gasteiger partial charge in [-0.05, 0) is 42.2 Å². The number of halogens is 2. The van der Waals surface area contributed by atoms with Crippen LogP contribution < -0.4 is 10.1 Å². The molecule has 7 nitrogen and oxygen atoms in total. The summed E-state index contributed by atoms with van der Waals surface area (Å²) in [4.78, 5) is 25.0. The molecular weight excluding hydrogens is 455 g/mol. The van der Waals surface area contributed by atoms with Gasteiger partial charge in [-0.15, -0.1) is 0 Å². The number of nitrogens with one attached hydrogen (secondary N) is 1. The highest BCUT2D eigenvalue weighted by Gasteiger charge is 2.28. The van der Waals surface area contributed by atoms with E-state index in [1.807, 2.05) is 39.0 Å². The van der Waals surface area contributed by atoms with E-state index in [1.54, 1.807) is 18.2 Å². The van der Waals surface area contributed by atoms with Crippen LogP contribution in [0.2, 0.25) is 10.0 Å². The van der Waals surface area contributed by atoms with Gasteiger partial charge in [0.05, 0.1) is 17.2 Å². The Bertz CT molecular complexity index is 1140. The maximum atomic E-state index is 12.6. The van der Waals surface area contributed by atoms with Crippen LogP contribution in [0.15, 0.2) is 40.9 Å². The molecule has 0 saturated carbocycles. The first-order valence-electron chi connectivity index (χ1n) is 9.78. The molecule has 1 N–H and O–H groups in total. The van der Waals surface area contributed by atoms with Crippen molar-refractivity contribution >= 4 is 41.0 Å². The minimum atomic E-state index is -0.769. The van der Waals surface area contributed by atoms with Gasteiger partial charge in [0.25, 0.3) is 5.91 Å². The highest BCUT2D eigenvalue weighted by molar-refractivity contribution is 6.39. The van der Waals surface area contributed by atoms with Gasteiger partial charge >= 0.3 is 5.97 Å². The molecule has 0 bridgehead atoms. The Morgan fingerprint density at radius 1 is 1.16 bits per heavy atom. The molecule has 0 unspecified atom stereocenters. The van der Waals surface area contributed by atoms with Crippen molar-refractivity contribution in [2.75, 3.05) is 19.0 Å². The quantitative estimate of drug-likeness (QED) is 0.427. The van der Waals surface area contributed by atoms with Gasteiger partial charge in [-0.2, -0.15) is 0 Å². The van der Waals surface area contributed by atoms with Crippen LogP contribution in [0.3, 0.4) is 0 Å². The molecule has 0 aliphatic rings. The van der Waals surface area contributed by atoms with E-state index in [4.69, 9.17) is 37.2 Å². The number of ether oxygens (including phenoxy) is 2. The van der Waals surface area contributed by atoms with Gasteiger partial charge < -0.3 is 14.0 Å². The van der Waals surface area contributed by atoms with E-state index in [0.717, 1.165) is 11.1 Å². The summed E-state index contributed by atoms with van der Waals surface area (Å²) in [7, 11) is 1.20. The number of esters is 1. The van der Waals surface area contributed by atoms with Crippen LogP contribution in [-0.4, -0.2) is 30.7 Å². The molecule has 0 atom stereocenters. The third kappa shape index (κ3) is 5.06. The summed E-state index contributed by atoms with van der Waals surface area (Å²) in [5.74, 6) is -0.667. The summed E-state index contributed by atoms with van der Waals surface area (Å²) >= 11 is 12.5. The van der Waals surface area contributed by atoms with Gasteiger partial charge in [-0.1, -0.05) is 60.4 Å². The molecule has 0 spiro atoms. The maximum Gasteiger partial charge on any atom is 0.345 e. The number of carbonyl (C=O) groups excluding carboxylic acids is 2. The number of anilines is 1. The molecule has 0 aliphatic carbocycles. The normalized spacial score (nSPS) is 10.8. The molecule has 0 aliphatic heterocycles. The van der Waals surface area contributed by atoms with Gasteiger partial charge in [0.15, 0.2) is 12.2 Å². The largest absolute Gasteiger partial charge is 0.483 e. The first kappa shape index (κ1) is 23.6. The zero-order valence-corrected chi connectivity index (χ0v) is 19.5. The fourth-order valence-corrected chi connectivity index (χ4v) is 3.69. The van der Waals surface area contributed by atoms with Crippen molar-refractivity contribution in [1.29, 1.82) is 0 Å². The number of rotatable bonds is 7. The SMILES string of the molecule is COC(=O)c1c(-c2c(Cl)cccc2Cl)noc1NC(=O)COc1cc(C)ccc1C(C)C. The third-order valence-corrected chi connectivity index (χ3v) is 5.31. The number of amides is 1. The molecule has 9 heteroatoms. The van der Waals surface area contributed by atoms with Crippen LogP contribution in [-0.2, 0) is 9.53 Å². The molecule has 1 amide bonds. The van der Waals surface area contributed by atoms with Gasteiger partial charge in [-0.3, -0.25) is 10.1 Å². The van der Waals surface area contributed by atoms with Crippen LogP contribution in [0, 0.1) is 6.92 Å². The molecule has 1 heterocycles.